The molecule has 0 amide bonds. The first-order chi connectivity index (χ1) is 13.4. The first-order valence-corrected chi connectivity index (χ1v) is 9.50. The lowest BCUT2D eigenvalue weighted by Gasteiger charge is -2.18. The summed E-state index contributed by atoms with van der Waals surface area (Å²) in [6.45, 7) is 14.5. The van der Waals surface area contributed by atoms with Gasteiger partial charge in [-0.15, -0.1) is 0 Å². The van der Waals surface area contributed by atoms with E-state index in [9.17, 15) is 9.50 Å². The fraction of sp³-hybridized carbons (Fsp3) is 0.348. The lowest BCUT2D eigenvalue weighted by atomic mass is 9.89. The minimum Gasteiger partial charge on any atom is -0.508 e. The Morgan fingerprint density at radius 2 is 2.00 bits per heavy atom. The summed E-state index contributed by atoms with van der Waals surface area (Å²) in [5.41, 5.74) is 4.54. The van der Waals surface area contributed by atoms with Crippen LogP contribution in [0.3, 0.4) is 0 Å². The summed E-state index contributed by atoms with van der Waals surface area (Å²) < 4.78 is 21.7. The predicted molar refractivity (Wildman–Crippen MR) is 108 cm³/mol. The van der Waals surface area contributed by atoms with Gasteiger partial charge in [0, 0.05) is 16.8 Å². The Morgan fingerprint density at radius 3 is 2.68 bits per heavy atom. The van der Waals surface area contributed by atoms with Crippen LogP contribution in [0.5, 0.6) is 5.75 Å². The molecule has 2 atom stereocenters. The van der Waals surface area contributed by atoms with Gasteiger partial charge in [0.15, 0.2) is 0 Å². The van der Waals surface area contributed by atoms with E-state index in [1.165, 1.54) is 6.07 Å². The number of rotatable bonds is 3. The third-order valence-corrected chi connectivity index (χ3v) is 5.56. The number of phenolic OH excluding ortho intramolecular Hbond substituents is 1. The van der Waals surface area contributed by atoms with Gasteiger partial charge in [0.05, 0.1) is 18.0 Å². The average Bonchev–Trinajstić information content (AvgIpc) is 3.25. The molecule has 144 valence electrons. The molecule has 2 aromatic carbocycles. The van der Waals surface area contributed by atoms with Crippen molar-refractivity contribution < 1.29 is 14.2 Å². The maximum Gasteiger partial charge on any atom is 0.255 e. The molecular weight excluding hydrogens is 355 g/mol. The van der Waals surface area contributed by atoms with Crippen molar-refractivity contribution in [2.45, 2.75) is 38.6 Å². The highest BCUT2D eigenvalue weighted by atomic mass is 19.1. The van der Waals surface area contributed by atoms with E-state index in [4.69, 9.17) is 11.3 Å². The molecule has 1 aromatic heterocycles. The van der Waals surface area contributed by atoms with Crippen LogP contribution in [0.25, 0.3) is 21.4 Å². The number of nitrogens with zero attached hydrogens (tertiary/aromatic N) is 2. The molecule has 5 heteroatoms. The largest absolute Gasteiger partial charge is 0.508 e. The fourth-order valence-corrected chi connectivity index (χ4v) is 4.27. The van der Waals surface area contributed by atoms with Crippen molar-refractivity contribution in [2.24, 2.45) is 0 Å². The van der Waals surface area contributed by atoms with Crippen LogP contribution in [0.2, 0.25) is 0 Å². The first kappa shape index (κ1) is 18.5. The highest BCUT2D eigenvalue weighted by Gasteiger charge is 2.39. The zero-order valence-corrected chi connectivity index (χ0v) is 16.2. The highest BCUT2D eigenvalue weighted by Crippen LogP contribution is 2.43. The van der Waals surface area contributed by atoms with Gasteiger partial charge in [-0.25, -0.2) is 11.0 Å². The van der Waals surface area contributed by atoms with Crippen LogP contribution in [-0.2, 0) is 4.74 Å². The number of hydrogen-bond donors (Lipinski definition) is 1. The predicted octanol–water partition coefficient (Wildman–Crippen LogP) is 5.31. The van der Waals surface area contributed by atoms with Crippen LogP contribution >= 0.6 is 0 Å². The Hall–Kier alpha value is -2.84. The molecule has 0 aliphatic carbocycles. The van der Waals surface area contributed by atoms with Crippen molar-refractivity contribution in [1.82, 2.24) is 4.57 Å². The fourth-order valence-electron chi connectivity index (χ4n) is 4.27. The van der Waals surface area contributed by atoms with Crippen molar-refractivity contribution in [1.29, 1.82) is 0 Å². The second-order valence-electron chi connectivity index (χ2n) is 7.76. The highest BCUT2D eigenvalue weighted by molar-refractivity contribution is 5.89. The van der Waals surface area contributed by atoms with E-state index in [1.54, 1.807) is 25.1 Å². The van der Waals surface area contributed by atoms with E-state index in [1.807, 2.05) is 12.1 Å². The summed E-state index contributed by atoms with van der Waals surface area (Å²) in [5.74, 6) is 0.0695. The SMILES string of the molecule is [C-]#[N+][C@H]1COC[C@H]1c1c(C(C)C)n(-c2ccc(F)c(C)c2)c2ccc(O)cc12. The van der Waals surface area contributed by atoms with Gasteiger partial charge in [-0.2, -0.15) is 0 Å². The molecule has 1 N–H and O–H groups in total. The number of ether oxygens (including phenoxy) is 1. The maximum absolute atomic E-state index is 13.9. The van der Waals surface area contributed by atoms with E-state index in [0.29, 0.717) is 18.8 Å². The molecule has 4 nitrogen and oxygen atoms in total. The second kappa shape index (κ2) is 6.96. The van der Waals surface area contributed by atoms with Gasteiger partial charge in [0.1, 0.15) is 18.2 Å². The van der Waals surface area contributed by atoms with E-state index in [-0.39, 0.29) is 29.4 Å². The van der Waals surface area contributed by atoms with Gasteiger partial charge in [0.2, 0.25) is 0 Å². The van der Waals surface area contributed by atoms with Crippen LogP contribution in [0.15, 0.2) is 36.4 Å². The van der Waals surface area contributed by atoms with Crippen molar-refractivity contribution in [3.05, 3.63) is 70.5 Å². The average molecular weight is 378 g/mol. The summed E-state index contributed by atoms with van der Waals surface area (Å²) in [5, 5.41) is 11.1. The summed E-state index contributed by atoms with van der Waals surface area (Å²) in [7, 11) is 0. The van der Waals surface area contributed by atoms with Gasteiger partial charge in [0.25, 0.3) is 6.04 Å². The lowest BCUT2D eigenvalue weighted by molar-refractivity contribution is 0.193. The Bertz CT molecular complexity index is 1090. The number of aromatic hydroxyl groups is 1. The molecule has 4 rings (SSSR count). The quantitative estimate of drug-likeness (QED) is 0.628. The van der Waals surface area contributed by atoms with E-state index < -0.39 is 0 Å². The van der Waals surface area contributed by atoms with Crippen LogP contribution in [0.4, 0.5) is 4.39 Å². The number of phenols is 1. The number of fused-ring (bicyclic) bond motifs is 1. The Balaban J connectivity index is 2.09. The molecule has 1 aliphatic rings. The summed E-state index contributed by atoms with van der Waals surface area (Å²) >= 11 is 0. The van der Waals surface area contributed by atoms with Crippen molar-refractivity contribution in [3.8, 4) is 11.4 Å². The molecule has 0 radical (unpaired) electrons. The van der Waals surface area contributed by atoms with E-state index >= 15 is 0 Å². The van der Waals surface area contributed by atoms with Crippen LogP contribution in [0, 0.1) is 19.3 Å². The monoisotopic (exact) mass is 378 g/mol. The van der Waals surface area contributed by atoms with Crippen LogP contribution in [0.1, 0.15) is 42.5 Å². The number of aromatic nitrogens is 1. The molecule has 28 heavy (non-hydrogen) atoms. The topological polar surface area (TPSA) is 38.8 Å². The van der Waals surface area contributed by atoms with Gasteiger partial charge in [-0.3, -0.25) is 0 Å². The standard InChI is InChI=1S/C23H23FN2O2/c1-13(2)23-22(18-11-28-12-20(18)25-4)17-10-16(27)6-8-21(17)26(23)15-5-7-19(24)14(3)9-15/h5-10,13,18,20,27H,11-12H2,1-3H3/t18-,20+/m1/s1. The molecule has 1 saturated heterocycles. The summed E-state index contributed by atoms with van der Waals surface area (Å²) in [4.78, 5) is 3.79. The normalized spacial score (nSPS) is 19.4. The van der Waals surface area contributed by atoms with Gasteiger partial charge in [-0.05, 0) is 60.4 Å². The van der Waals surface area contributed by atoms with Gasteiger partial charge in [-0.1, -0.05) is 13.8 Å². The molecule has 2 heterocycles. The van der Waals surface area contributed by atoms with Crippen LogP contribution < -0.4 is 0 Å². The molecule has 0 bridgehead atoms. The zero-order valence-electron chi connectivity index (χ0n) is 16.2. The molecule has 1 aliphatic heterocycles. The van der Waals surface area contributed by atoms with E-state index in [0.717, 1.165) is 27.8 Å². The van der Waals surface area contributed by atoms with E-state index in [2.05, 4.69) is 23.3 Å². The van der Waals surface area contributed by atoms with Crippen molar-refractivity contribution >= 4 is 10.9 Å². The minimum atomic E-state index is -0.242. The van der Waals surface area contributed by atoms with Crippen molar-refractivity contribution in [2.75, 3.05) is 13.2 Å². The molecule has 1 fully saturated rings. The third-order valence-electron chi connectivity index (χ3n) is 5.56. The smallest absolute Gasteiger partial charge is 0.255 e. The minimum absolute atomic E-state index is 0.0537. The summed E-state index contributed by atoms with van der Waals surface area (Å²) in [6.07, 6.45) is 0. The molecule has 3 aromatic rings. The molecule has 0 unspecified atom stereocenters. The van der Waals surface area contributed by atoms with Crippen LogP contribution in [-0.4, -0.2) is 28.9 Å². The number of hydrogen-bond acceptors (Lipinski definition) is 2. The lowest BCUT2D eigenvalue weighted by Crippen LogP contribution is -2.15. The van der Waals surface area contributed by atoms with Gasteiger partial charge < -0.3 is 19.3 Å². The zero-order chi connectivity index (χ0) is 20.0. The molecule has 0 spiro atoms. The summed E-state index contributed by atoms with van der Waals surface area (Å²) in [6, 6.07) is 10.2. The second-order valence-corrected chi connectivity index (χ2v) is 7.76. The van der Waals surface area contributed by atoms with Crippen molar-refractivity contribution in [3.63, 3.8) is 0 Å². The third kappa shape index (κ3) is 2.85. The maximum atomic E-state index is 13.9. The number of benzene rings is 2. The molecule has 0 saturated carbocycles. The number of halogens is 1. The Kier molecular flexibility index (Phi) is 4.60. The first-order valence-electron chi connectivity index (χ1n) is 9.50. The van der Waals surface area contributed by atoms with Gasteiger partial charge >= 0.3 is 0 Å². The number of aryl methyl sites for hydroxylation is 1. The molecular formula is C23H23FN2O2. The Morgan fingerprint density at radius 1 is 1.21 bits per heavy atom. The Labute approximate surface area is 164 Å².